The summed E-state index contributed by atoms with van der Waals surface area (Å²) in [5.74, 6) is 1.08. The van der Waals surface area contributed by atoms with Gasteiger partial charge in [0.2, 0.25) is 11.2 Å². The molecule has 0 spiro atoms. The van der Waals surface area contributed by atoms with Crippen LogP contribution in [0.15, 0.2) is 23.7 Å². The Morgan fingerprint density at radius 2 is 1.33 bits per heavy atom. The first-order chi connectivity index (χ1) is 10.9. The maximum absolute atomic E-state index is 8.49. The highest BCUT2D eigenvalue weighted by molar-refractivity contribution is 7.09. The number of nitrogens with zero attached hydrogens (tertiary/aromatic N) is 1. The molecule has 1 heterocycles. The van der Waals surface area contributed by atoms with Crippen molar-refractivity contribution in [2.75, 3.05) is 0 Å². The average molecular weight is 374 g/mol. The Morgan fingerprint density at radius 1 is 0.917 bits per heavy atom. The minimum absolute atomic E-state index is 0.542. The Morgan fingerprint density at radius 3 is 1.62 bits per heavy atom. The summed E-state index contributed by atoms with van der Waals surface area (Å²) in [5, 5.41) is 0. The van der Waals surface area contributed by atoms with E-state index in [1.807, 2.05) is 11.3 Å². The van der Waals surface area contributed by atoms with Crippen molar-refractivity contribution in [1.29, 1.82) is 0 Å². The van der Waals surface area contributed by atoms with E-state index in [1.54, 1.807) is 0 Å². The van der Waals surface area contributed by atoms with Crippen LogP contribution < -0.4 is 23.2 Å². The van der Waals surface area contributed by atoms with Crippen LogP contribution in [-0.2, 0) is 0 Å². The van der Waals surface area contributed by atoms with E-state index < -0.39 is 10.2 Å². The molecule has 1 aromatic carbocycles. The number of para-hydroxylation sites is 1. The zero-order chi connectivity index (χ0) is 18.7. The monoisotopic (exact) mass is 373 g/mol. The van der Waals surface area contributed by atoms with Crippen molar-refractivity contribution >= 4 is 11.3 Å². The van der Waals surface area contributed by atoms with Crippen LogP contribution in [0.4, 0.5) is 0 Å². The molecule has 0 N–H and O–H groups in total. The van der Waals surface area contributed by atoms with E-state index in [9.17, 15) is 0 Å². The fourth-order valence-corrected chi connectivity index (χ4v) is 3.27. The maximum atomic E-state index is 8.49. The van der Waals surface area contributed by atoms with Crippen molar-refractivity contribution in [2.45, 2.75) is 53.4 Å². The van der Waals surface area contributed by atoms with Gasteiger partial charge in [0, 0.05) is 18.1 Å². The molecule has 0 atom stereocenters. The van der Waals surface area contributed by atoms with Crippen molar-refractivity contribution in [1.82, 2.24) is 0 Å². The van der Waals surface area contributed by atoms with Gasteiger partial charge in [-0.3, -0.25) is 0 Å². The van der Waals surface area contributed by atoms with E-state index in [2.05, 4.69) is 69.8 Å². The SMILES string of the molecule is Cc1sc[n+](-c2c(C(C)C)cccc2C(C)C)c1C.[O-][Cl+3]([O-])([O-])[O-]. The summed E-state index contributed by atoms with van der Waals surface area (Å²) in [7, 11) is -4.94. The smallest absolute Gasteiger partial charge is 0.222 e. The van der Waals surface area contributed by atoms with Gasteiger partial charge < -0.3 is 0 Å². The van der Waals surface area contributed by atoms with Gasteiger partial charge in [-0.05, 0) is 18.8 Å². The van der Waals surface area contributed by atoms with Crippen LogP contribution in [0, 0.1) is 24.1 Å². The summed E-state index contributed by atoms with van der Waals surface area (Å²) in [6, 6.07) is 6.74. The Hall–Kier alpha value is -1.02. The molecule has 2 rings (SSSR count). The molecule has 0 unspecified atom stereocenters. The number of aromatic nitrogens is 1. The highest BCUT2D eigenvalue weighted by atomic mass is 35.7. The number of rotatable bonds is 3. The summed E-state index contributed by atoms with van der Waals surface area (Å²) >= 11 is 1.83. The van der Waals surface area contributed by atoms with E-state index in [4.69, 9.17) is 18.6 Å². The van der Waals surface area contributed by atoms with Gasteiger partial charge in [-0.25, -0.2) is 18.6 Å². The van der Waals surface area contributed by atoms with E-state index in [0.717, 1.165) is 0 Å². The second-order valence-electron chi connectivity index (χ2n) is 6.21. The third-order valence-corrected chi connectivity index (χ3v) is 4.75. The van der Waals surface area contributed by atoms with Crippen molar-refractivity contribution < 1.29 is 33.4 Å². The third-order valence-electron chi connectivity index (χ3n) is 3.79. The molecule has 5 nitrogen and oxygen atoms in total. The largest absolute Gasteiger partial charge is 0.231 e. The van der Waals surface area contributed by atoms with Crippen molar-refractivity contribution in [3.05, 3.63) is 45.4 Å². The van der Waals surface area contributed by atoms with Gasteiger partial charge in [-0.15, -0.1) is 10.2 Å². The van der Waals surface area contributed by atoms with Crippen LogP contribution in [0.3, 0.4) is 0 Å². The second kappa shape index (κ2) is 8.38. The topological polar surface area (TPSA) is 96.1 Å². The van der Waals surface area contributed by atoms with E-state index in [0.29, 0.717) is 11.8 Å². The van der Waals surface area contributed by atoms with Gasteiger partial charge >= 0.3 is 0 Å². The van der Waals surface area contributed by atoms with Crippen LogP contribution in [-0.4, -0.2) is 0 Å². The van der Waals surface area contributed by atoms with Crippen LogP contribution in [0.25, 0.3) is 5.69 Å². The quantitative estimate of drug-likeness (QED) is 0.714. The lowest BCUT2D eigenvalue weighted by Gasteiger charge is -2.17. The summed E-state index contributed by atoms with van der Waals surface area (Å²) in [6.07, 6.45) is 0. The molecule has 2 aromatic rings. The second-order valence-corrected chi connectivity index (χ2v) is 8.02. The first kappa shape index (κ1) is 21.0. The summed E-state index contributed by atoms with van der Waals surface area (Å²) in [6.45, 7) is 13.5. The normalized spacial score (nSPS) is 11.7. The number of hydrogen-bond acceptors (Lipinski definition) is 5. The fraction of sp³-hybridized carbons (Fsp3) is 0.471. The van der Waals surface area contributed by atoms with Crippen LogP contribution in [0.1, 0.15) is 61.2 Å². The van der Waals surface area contributed by atoms with Gasteiger partial charge in [0.05, 0.1) is 4.88 Å². The zero-order valence-electron chi connectivity index (χ0n) is 14.8. The molecule has 7 heteroatoms. The van der Waals surface area contributed by atoms with Crippen molar-refractivity contribution in [3.63, 3.8) is 0 Å². The number of aryl methyl sites for hydroxylation is 1. The molecule has 1 aromatic heterocycles. The molecule has 0 bridgehead atoms. The van der Waals surface area contributed by atoms with Gasteiger partial charge in [0.25, 0.3) is 0 Å². The molecular weight excluding hydrogens is 350 g/mol. The van der Waals surface area contributed by atoms with Crippen molar-refractivity contribution in [3.8, 4) is 5.69 Å². The van der Waals surface area contributed by atoms with Gasteiger partial charge in [0.15, 0.2) is 5.69 Å². The lowest BCUT2D eigenvalue weighted by Crippen LogP contribution is -2.68. The summed E-state index contributed by atoms with van der Waals surface area (Å²) < 4.78 is 36.4. The number of benzene rings is 1. The van der Waals surface area contributed by atoms with Gasteiger partial charge in [0.1, 0.15) is 0 Å². The number of hydrogen-bond donors (Lipinski definition) is 0. The first-order valence-corrected chi connectivity index (χ1v) is 9.76. The predicted molar refractivity (Wildman–Crippen MR) is 83.5 cm³/mol. The maximum Gasteiger partial charge on any atom is 0.231 e. The lowest BCUT2D eigenvalue weighted by molar-refractivity contribution is -2.00. The average Bonchev–Trinajstić information content (AvgIpc) is 2.76. The number of halogens is 1. The minimum atomic E-state index is -4.94. The van der Waals surface area contributed by atoms with Crippen LogP contribution >= 0.6 is 11.3 Å². The fourth-order valence-electron chi connectivity index (χ4n) is 2.48. The highest BCUT2D eigenvalue weighted by Crippen LogP contribution is 2.29. The molecule has 134 valence electrons. The standard InChI is InChI=1S/C17H24NS.ClHO4/c1-11(2)15-8-7-9-16(12(3)4)17(15)18-10-19-14(6)13(18)5;2-1(3,4)5/h7-12H,1-6H3;(H,2,3,4,5)/q+1;/p-1. The molecule has 0 aliphatic rings. The van der Waals surface area contributed by atoms with Gasteiger partial charge in [-0.1, -0.05) is 57.2 Å². The molecule has 0 aliphatic carbocycles. The highest BCUT2D eigenvalue weighted by Gasteiger charge is 2.25. The Kier molecular flexibility index (Phi) is 7.34. The molecule has 0 aliphatic heterocycles. The van der Waals surface area contributed by atoms with E-state index in [1.165, 1.54) is 27.4 Å². The molecule has 0 saturated heterocycles. The Labute approximate surface area is 149 Å². The molecular formula is C17H24ClNO4S. The van der Waals surface area contributed by atoms with Gasteiger partial charge in [-0.2, -0.15) is 4.57 Å². The molecule has 0 amide bonds. The predicted octanol–water partition coefficient (Wildman–Crippen LogP) is 0.132. The lowest BCUT2D eigenvalue weighted by atomic mass is 9.92. The van der Waals surface area contributed by atoms with Crippen LogP contribution in [0.5, 0.6) is 0 Å². The summed E-state index contributed by atoms with van der Waals surface area (Å²) in [5.41, 5.74) is 7.89. The molecule has 0 saturated carbocycles. The van der Waals surface area contributed by atoms with E-state index in [-0.39, 0.29) is 0 Å². The first-order valence-electron chi connectivity index (χ1n) is 7.64. The van der Waals surface area contributed by atoms with E-state index >= 15 is 0 Å². The Bertz CT molecular complexity index is 645. The molecule has 24 heavy (non-hydrogen) atoms. The minimum Gasteiger partial charge on any atom is -0.222 e. The van der Waals surface area contributed by atoms with Crippen molar-refractivity contribution in [2.24, 2.45) is 0 Å². The molecule has 0 fully saturated rings. The third kappa shape index (κ3) is 5.81. The van der Waals surface area contributed by atoms with Crippen LogP contribution in [0.2, 0.25) is 0 Å². The Balaban J connectivity index is 0.000000505. The summed E-state index contributed by atoms with van der Waals surface area (Å²) in [4.78, 5) is 1.40. The zero-order valence-corrected chi connectivity index (χ0v) is 16.4. The molecule has 0 radical (unpaired) electrons. The number of thiazole rings is 1.